The van der Waals surface area contributed by atoms with E-state index >= 15 is 0 Å². The van der Waals surface area contributed by atoms with Gasteiger partial charge in [0.2, 0.25) is 0 Å². The number of rotatable bonds is 4. The van der Waals surface area contributed by atoms with Crippen molar-refractivity contribution in [1.82, 2.24) is 5.32 Å². The first kappa shape index (κ1) is 13.5. The standard InChI is InChI=1S/C15H21F2N/c1-11(13-5-3-2-4-6-13)18-10-12-7-8-14(16)15(17)9-12/h7-9,11,13,18H,2-6,10H2,1H3/t11-/m1/s1. The molecule has 0 amide bonds. The zero-order chi connectivity index (χ0) is 13.0. The van der Waals surface area contributed by atoms with Crippen LogP contribution in [0.5, 0.6) is 0 Å². The summed E-state index contributed by atoms with van der Waals surface area (Å²) in [5.74, 6) is -0.817. The summed E-state index contributed by atoms with van der Waals surface area (Å²) in [5.41, 5.74) is 0.802. The van der Waals surface area contributed by atoms with Crippen molar-refractivity contribution in [3.05, 3.63) is 35.4 Å². The topological polar surface area (TPSA) is 12.0 Å². The molecule has 100 valence electrons. The normalized spacial score (nSPS) is 18.8. The highest BCUT2D eigenvalue weighted by Gasteiger charge is 2.19. The van der Waals surface area contributed by atoms with E-state index in [0.717, 1.165) is 11.5 Å². The fourth-order valence-electron chi connectivity index (χ4n) is 2.73. The maximum absolute atomic E-state index is 13.1. The van der Waals surface area contributed by atoms with Gasteiger partial charge in [0.05, 0.1) is 0 Å². The summed E-state index contributed by atoms with van der Waals surface area (Å²) in [6.45, 7) is 2.80. The monoisotopic (exact) mass is 253 g/mol. The molecule has 1 N–H and O–H groups in total. The fourth-order valence-corrected chi connectivity index (χ4v) is 2.73. The van der Waals surface area contributed by atoms with Gasteiger partial charge >= 0.3 is 0 Å². The Labute approximate surface area is 108 Å². The van der Waals surface area contributed by atoms with E-state index in [0.29, 0.717) is 12.6 Å². The van der Waals surface area contributed by atoms with Crippen molar-refractivity contribution >= 4 is 0 Å². The van der Waals surface area contributed by atoms with E-state index in [1.165, 1.54) is 44.2 Å². The van der Waals surface area contributed by atoms with Crippen LogP contribution in [0, 0.1) is 17.6 Å². The van der Waals surface area contributed by atoms with Crippen LogP contribution >= 0.6 is 0 Å². The molecule has 0 bridgehead atoms. The van der Waals surface area contributed by atoms with Gasteiger partial charge in [-0.1, -0.05) is 25.3 Å². The SMILES string of the molecule is C[C@@H](NCc1ccc(F)c(F)c1)C1CCCCC1. The Bertz CT molecular complexity index is 386. The molecule has 3 heteroatoms. The van der Waals surface area contributed by atoms with Crippen LogP contribution in [0.15, 0.2) is 18.2 Å². The molecule has 0 saturated heterocycles. The summed E-state index contributed by atoms with van der Waals surface area (Å²) in [6, 6.07) is 4.55. The minimum absolute atomic E-state index is 0.443. The highest BCUT2D eigenvalue weighted by Crippen LogP contribution is 2.26. The lowest BCUT2D eigenvalue weighted by atomic mass is 9.84. The number of benzene rings is 1. The number of halogens is 2. The molecule has 1 aromatic rings. The maximum atomic E-state index is 13.1. The molecule has 0 radical (unpaired) electrons. The lowest BCUT2D eigenvalue weighted by Crippen LogP contribution is -2.34. The molecule has 1 aliphatic carbocycles. The first-order valence-corrected chi connectivity index (χ1v) is 6.84. The third-order valence-corrected chi connectivity index (χ3v) is 3.97. The molecular weight excluding hydrogens is 232 g/mol. The molecular formula is C15H21F2N. The van der Waals surface area contributed by atoms with Crippen LogP contribution in [0.1, 0.15) is 44.6 Å². The molecule has 0 heterocycles. The molecule has 0 unspecified atom stereocenters. The maximum Gasteiger partial charge on any atom is 0.159 e. The number of nitrogens with one attached hydrogen (secondary N) is 1. The van der Waals surface area contributed by atoms with Gasteiger partial charge in [-0.2, -0.15) is 0 Å². The second-order valence-corrected chi connectivity index (χ2v) is 5.32. The van der Waals surface area contributed by atoms with Gasteiger partial charge in [0.1, 0.15) is 0 Å². The Balaban J connectivity index is 1.84. The highest BCUT2D eigenvalue weighted by atomic mass is 19.2. The molecule has 1 fully saturated rings. The van der Waals surface area contributed by atoms with Crippen molar-refractivity contribution in [2.24, 2.45) is 5.92 Å². The van der Waals surface area contributed by atoms with Gasteiger partial charge in [0, 0.05) is 12.6 Å². The van der Waals surface area contributed by atoms with E-state index in [1.54, 1.807) is 6.07 Å². The van der Waals surface area contributed by atoms with Crippen LogP contribution in [0.3, 0.4) is 0 Å². The summed E-state index contributed by atoms with van der Waals surface area (Å²) in [6.07, 6.45) is 6.56. The number of hydrogen-bond acceptors (Lipinski definition) is 1. The predicted molar refractivity (Wildman–Crippen MR) is 69.2 cm³/mol. The van der Waals surface area contributed by atoms with E-state index in [9.17, 15) is 8.78 Å². The Morgan fingerprint density at radius 3 is 2.56 bits per heavy atom. The van der Waals surface area contributed by atoms with Crippen LogP contribution in [-0.2, 0) is 6.54 Å². The predicted octanol–water partition coefficient (Wildman–Crippen LogP) is 4.02. The molecule has 1 saturated carbocycles. The van der Waals surface area contributed by atoms with Crippen LogP contribution in [-0.4, -0.2) is 6.04 Å². The smallest absolute Gasteiger partial charge is 0.159 e. The lowest BCUT2D eigenvalue weighted by molar-refractivity contribution is 0.280. The Morgan fingerprint density at radius 1 is 1.17 bits per heavy atom. The van der Waals surface area contributed by atoms with Crippen molar-refractivity contribution in [3.63, 3.8) is 0 Å². The summed E-state index contributed by atoms with van der Waals surface area (Å²) in [4.78, 5) is 0. The summed E-state index contributed by atoms with van der Waals surface area (Å²) < 4.78 is 25.8. The van der Waals surface area contributed by atoms with Crippen LogP contribution < -0.4 is 5.32 Å². The molecule has 0 aliphatic heterocycles. The zero-order valence-corrected chi connectivity index (χ0v) is 10.9. The van der Waals surface area contributed by atoms with Crippen molar-refractivity contribution in [2.75, 3.05) is 0 Å². The van der Waals surface area contributed by atoms with Crippen LogP contribution in [0.25, 0.3) is 0 Å². The van der Waals surface area contributed by atoms with Crippen molar-refractivity contribution < 1.29 is 8.78 Å². The molecule has 0 aromatic heterocycles. The van der Waals surface area contributed by atoms with Gasteiger partial charge < -0.3 is 5.32 Å². The van der Waals surface area contributed by atoms with E-state index in [1.807, 2.05) is 0 Å². The van der Waals surface area contributed by atoms with E-state index in [4.69, 9.17) is 0 Å². The first-order valence-electron chi connectivity index (χ1n) is 6.84. The third-order valence-electron chi connectivity index (χ3n) is 3.97. The van der Waals surface area contributed by atoms with Crippen molar-refractivity contribution in [2.45, 2.75) is 51.6 Å². The molecule has 0 spiro atoms. The van der Waals surface area contributed by atoms with Gasteiger partial charge in [0.15, 0.2) is 11.6 Å². The van der Waals surface area contributed by atoms with Gasteiger partial charge in [0.25, 0.3) is 0 Å². The molecule has 2 rings (SSSR count). The Morgan fingerprint density at radius 2 is 1.89 bits per heavy atom. The average Bonchev–Trinajstić information content (AvgIpc) is 2.41. The quantitative estimate of drug-likeness (QED) is 0.854. The summed E-state index contributed by atoms with van der Waals surface area (Å²) >= 11 is 0. The van der Waals surface area contributed by atoms with Crippen molar-refractivity contribution in [3.8, 4) is 0 Å². The number of hydrogen-bond donors (Lipinski definition) is 1. The van der Waals surface area contributed by atoms with Crippen molar-refractivity contribution in [1.29, 1.82) is 0 Å². The summed E-state index contributed by atoms with van der Waals surface area (Å²) in [7, 11) is 0. The van der Waals surface area contributed by atoms with E-state index in [-0.39, 0.29) is 0 Å². The first-order chi connectivity index (χ1) is 8.66. The fraction of sp³-hybridized carbons (Fsp3) is 0.600. The zero-order valence-electron chi connectivity index (χ0n) is 10.9. The molecule has 1 atom stereocenters. The largest absolute Gasteiger partial charge is 0.310 e. The van der Waals surface area contributed by atoms with Crippen LogP contribution in [0.4, 0.5) is 8.78 Å². The molecule has 1 aromatic carbocycles. The average molecular weight is 253 g/mol. The minimum atomic E-state index is -0.779. The van der Waals surface area contributed by atoms with Gasteiger partial charge in [-0.05, 0) is 43.4 Å². The third kappa shape index (κ3) is 3.52. The van der Waals surface area contributed by atoms with Gasteiger partial charge in [-0.3, -0.25) is 0 Å². The van der Waals surface area contributed by atoms with E-state index in [2.05, 4.69) is 12.2 Å². The Hall–Kier alpha value is -0.960. The molecule has 18 heavy (non-hydrogen) atoms. The molecule has 1 aliphatic rings. The Kier molecular flexibility index (Phi) is 4.70. The second-order valence-electron chi connectivity index (χ2n) is 5.32. The van der Waals surface area contributed by atoms with Gasteiger partial charge in [-0.25, -0.2) is 8.78 Å². The highest BCUT2D eigenvalue weighted by molar-refractivity contribution is 5.17. The summed E-state index contributed by atoms with van der Waals surface area (Å²) in [5, 5.41) is 3.43. The molecule has 1 nitrogen and oxygen atoms in total. The van der Waals surface area contributed by atoms with Gasteiger partial charge in [-0.15, -0.1) is 0 Å². The lowest BCUT2D eigenvalue weighted by Gasteiger charge is -2.28. The van der Waals surface area contributed by atoms with E-state index < -0.39 is 11.6 Å². The minimum Gasteiger partial charge on any atom is -0.310 e. The second kappa shape index (κ2) is 6.28. The van der Waals surface area contributed by atoms with Crippen LogP contribution in [0.2, 0.25) is 0 Å².